The second-order valence-corrected chi connectivity index (χ2v) is 14.8. The molecule has 0 rings (SSSR count). The summed E-state index contributed by atoms with van der Waals surface area (Å²) in [6.45, 7) is 6.21. The van der Waals surface area contributed by atoms with Crippen LogP contribution in [0.25, 0.3) is 0 Å². The summed E-state index contributed by atoms with van der Waals surface area (Å²) in [7, 11) is 0. The zero-order chi connectivity index (χ0) is 36.6. The minimum atomic E-state index is -2.77. The fraction of sp³-hybridized carbons (Fsp3) is 0.927. The number of ether oxygens (including phenoxy) is 1. The molecule has 0 radical (unpaired) electrons. The second-order valence-electron chi connectivity index (χ2n) is 14.8. The van der Waals surface area contributed by atoms with Crippen LogP contribution in [0.2, 0.25) is 0 Å². The van der Waals surface area contributed by atoms with Crippen LogP contribution in [-0.2, 0) is 19.1 Å². The Kier molecular flexibility index (Phi) is 30.0. The first-order chi connectivity index (χ1) is 23.6. The van der Waals surface area contributed by atoms with Gasteiger partial charge in [0.15, 0.2) is 5.60 Å². The van der Waals surface area contributed by atoms with E-state index in [0.29, 0.717) is 51.4 Å². The van der Waals surface area contributed by atoms with Gasteiger partial charge in [-0.15, -0.1) is 0 Å². The van der Waals surface area contributed by atoms with Crippen molar-refractivity contribution < 1.29 is 38.8 Å². The van der Waals surface area contributed by atoms with Crippen molar-refractivity contribution in [2.45, 2.75) is 231 Å². The summed E-state index contributed by atoms with van der Waals surface area (Å²) in [5.41, 5.74) is -3.54. The smallest absolute Gasteiger partial charge is 0.337 e. The lowest BCUT2D eigenvalue weighted by Crippen LogP contribution is -2.52. The van der Waals surface area contributed by atoms with Crippen molar-refractivity contribution in [2.75, 3.05) is 6.67 Å². The second kappa shape index (κ2) is 31.1. The molecule has 0 saturated carbocycles. The first-order valence-electron chi connectivity index (χ1n) is 20.6. The molecule has 0 fully saturated rings. The van der Waals surface area contributed by atoms with Gasteiger partial charge in [0.2, 0.25) is 0 Å². The van der Waals surface area contributed by atoms with E-state index in [-0.39, 0.29) is 6.42 Å². The molecule has 290 valence electrons. The van der Waals surface area contributed by atoms with Crippen LogP contribution in [-0.4, -0.2) is 51.1 Å². The number of halogens is 1. The summed E-state index contributed by atoms with van der Waals surface area (Å²) in [4.78, 5) is 38.4. The van der Waals surface area contributed by atoms with E-state index in [9.17, 15) is 34.1 Å². The van der Waals surface area contributed by atoms with Crippen LogP contribution in [0.5, 0.6) is 0 Å². The summed E-state index contributed by atoms with van der Waals surface area (Å²) < 4.78 is 19.1. The van der Waals surface area contributed by atoms with Crippen LogP contribution in [0, 0.1) is 5.92 Å². The molecule has 0 aromatic carbocycles. The van der Waals surface area contributed by atoms with E-state index in [1.165, 1.54) is 64.2 Å². The zero-order valence-electron chi connectivity index (χ0n) is 32.1. The van der Waals surface area contributed by atoms with E-state index in [2.05, 4.69) is 20.8 Å². The topological polar surface area (TPSA) is 121 Å². The Morgan fingerprint density at radius 2 is 0.898 bits per heavy atom. The minimum Gasteiger partial charge on any atom is -0.481 e. The molecule has 0 amide bonds. The van der Waals surface area contributed by atoms with Crippen molar-refractivity contribution >= 4 is 17.9 Å². The predicted molar refractivity (Wildman–Crippen MR) is 199 cm³/mol. The van der Waals surface area contributed by atoms with Crippen LogP contribution >= 0.6 is 0 Å². The Morgan fingerprint density at radius 3 is 1.24 bits per heavy atom. The molecule has 0 bridgehead atoms. The highest BCUT2D eigenvalue weighted by atomic mass is 19.1. The molecule has 2 atom stereocenters. The molecule has 0 spiro atoms. The molecule has 7 nitrogen and oxygen atoms in total. The largest absolute Gasteiger partial charge is 0.481 e. The fourth-order valence-electron chi connectivity index (χ4n) is 7.13. The number of carbonyl (C=O) groups is 3. The van der Waals surface area contributed by atoms with Gasteiger partial charge in [0.05, 0.1) is 19.0 Å². The fourth-order valence-corrected chi connectivity index (χ4v) is 7.13. The van der Waals surface area contributed by atoms with Gasteiger partial charge < -0.3 is 20.1 Å². The normalized spacial score (nSPS) is 13.7. The van der Waals surface area contributed by atoms with Gasteiger partial charge in [-0.05, 0) is 51.4 Å². The summed E-state index contributed by atoms with van der Waals surface area (Å²) in [6, 6.07) is 0. The van der Waals surface area contributed by atoms with Crippen molar-refractivity contribution in [2.24, 2.45) is 5.92 Å². The lowest BCUT2D eigenvalue weighted by atomic mass is 9.80. The number of carboxylic acid groups (broad SMARTS) is 2. The van der Waals surface area contributed by atoms with Crippen molar-refractivity contribution in [3.05, 3.63) is 0 Å². The Morgan fingerprint density at radius 1 is 0.551 bits per heavy atom. The molecule has 0 aliphatic carbocycles. The Bertz CT molecular complexity index is 804. The number of hydrogen-bond donors (Lipinski definition) is 3. The van der Waals surface area contributed by atoms with Gasteiger partial charge in [0.25, 0.3) is 0 Å². The number of unbranched alkanes of at least 4 members (excludes halogenated alkanes) is 22. The highest BCUT2D eigenvalue weighted by Gasteiger charge is 2.51. The quantitative estimate of drug-likeness (QED) is 0.0435. The monoisotopic (exact) mass is 701 g/mol. The Labute approximate surface area is 299 Å². The lowest BCUT2D eigenvalue weighted by molar-refractivity contribution is -0.191. The van der Waals surface area contributed by atoms with Crippen molar-refractivity contribution in [1.29, 1.82) is 0 Å². The van der Waals surface area contributed by atoms with Crippen molar-refractivity contribution in [3.63, 3.8) is 0 Å². The van der Waals surface area contributed by atoms with E-state index >= 15 is 0 Å². The summed E-state index contributed by atoms with van der Waals surface area (Å²) in [5, 5.41) is 31.0. The van der Waals surface area contributed by atoms with Gasteiger partial charge in [0.1, 0.15) is 5.60 Å². The number of aliphatic hydroxyl groups is 1. The van der Waals surface area contributed by atoms with E-state index in [1.807, 2.05) is 0 Å². The number of aliphatic carboxylic acids is 2. The average Bonchev–Trinajstić information content (AvgIpc) is 3.06. The molecule has 0 saturated heterocycles. The molecule has 0 aromatic rings. The number of carboxylic acids is 2. The van der Waals surface area contributed by atoms with Crippen LogP contribution in [0.4, 0.5) is 4.39 Å². The maximum Gasteiger partial charge on any atom is 0.337 e. The average molecular weight is 701 g/mol. The molecule has 0 aliphatic heterocycles. The molecule has 2 unspecified atom stereocenters. The molecule has 0 aliphatic rings. The van der Waals surface area contributed by atoms with E-state index in [1.54, 1.807) is 0 Å². The molecule has 3 N–H and O–H groups in total. The van der Waals surface area contributed by atoms with Gasteiger partial charge in [-0.3, -0.25) is 14.0 Å². The third kappa shape index (κ3) is 23.4. The first kappa shape index (κ1) is 47.3. The molecule has 49 heavy (non-hydrogen) atoms. The van der Waals surface area contributed by atoms with Gasteiger partial charge in [-0.25, -0.2) is 4.79 Å². The SMILES string of the molecule is CCCCCCCCCCCC(CCCCCCCC)(CCCCCCCC)OC(=O)C(CCCCCCCF)C(O)(CC(=O)O)C(=O)O. The number of esters is 1. The summed E-state index contributed by atoms with van der Waals surface area (Å²) in [6.07, 6.45) is 27.7. The molecular formula is C41H77FO7. The molecule has 8 heteroatoms. The van der Waals surface area contributed by atoms with E-state index < -0.39 is 48.1 Å². The molecule has 0 aromatic heterocycles. The zero-order valence-corrected chi connectivity index (χ0v) is 32.1. The van der Waals surface area contributed by atoms with Crippen LogP contribution < -0.4 is 0 Å². The van der Waals surface area contributed by atoms with Gasteiger partial charge in [-0.2, -0.15) is 0 Å². The number of hydrogen-bond acceptors (Lipinski definition) is 5. The van der Waals surface area contributed by atoms with Gasteiger partial charge >= 0.3 is 17.9 Å². The predicted octanol–water partition coefficient (Wildman–Crippen LogP) is 11.9. The van der Waals surface area contributed by atoms with E-state index in [4.69, 9.17) is 4.74 Å². The van der Waals surface area contributed by atoms with E-state index in [0.717, 1.165) is 70.6 Å². The van der Waals surface area contributed by atoms with Gasteiger partial charge in [0, 0.05) is 0 Å². The highest BCUT2D eigenvalue weighted by molar-refractivity contribution is 5.90. The maximum atomic E-state index is 14.2. The Balaban J connectivity index is 6.12. The van der Waals surface area contributed by atoms with Crippen LogP contribution in [0.15, 0.2) is 0 Å². The first-order valence-corrected chi connectivity index (χ1v) is 20.6. The number of carbonyl (C=O) groups excluding carboxylic acids is 1. The molecule has 0 heterocycles. The lowest BCUT2D eigenvalue weighted by Gasteiger charge is -2.38. The highest BCUT2D eigenvalue weighted by Crippen LogP contribution is 2.37. The van der Waals surface area contributed by atoms with Crippen LogP contribution in [0.1, 0.15) is 220 Å². The number of alkyl halides is 1. The standard InChI is InChI=1S/C41H77FO7/c1-4-7-10-13-16-17-18-23-28-33-40(31-26-21-14-11-8-5-2,32-27-22-15-12-9-6-3)49-38(45)36(30-25-20-19-24-29-34-42)41(48,39(46)47)35-37(43)44/h36,48H,4-35H2,1-3H3,(H,43,44)(H,46,47). The molecular weight excluding hydrogens is 623 g/mol. The summed E-state index contributed by atoms with van der Waals surface area (Å²) in [5.74, 6) is -5.49. The third-order valence-electron chi connectivity index (χ3n) is 10.3. The summed E-state index contributed by atoms with van der Waals surface area (Å²) >= 11 is 0. The maximum absolute atomic E-state index is 14.2. The third-order valence-corrected chi connectivity index (χ3v) is 10.3. The van der Waals surface area contributed by atoms with Crippen molar-refractivity contribution in [1.82, 2.24) is 0 Å². The van der Waals surface area contributed by atoms with Crippen LogP contribution in [0.3, 0.4) is 0 Å². The van der Waals surface area contributed by atoms with Crippen molar-refractivity contribution in [3.8, 4) is 0 Å². The Hall–Kier alpha value is -1.70. The van der Waals surface area contributed by atoms with Gasteiger partial charge in [-0.1, -0.05) is 162 Å². The number of rotatable bonds is 37. The minimum absolute atomic E-state index is 0.00663.